The van der Waals surface area contributed by atoms with Crippen molar-refractivity contribution < 1.29 is 4.79 Å². The molecule has 106 valence electrons. The van der Waals surface area contributed by atoms with Crippen molar-refractivity contribution in [1.82, 2.24) is 9.88 Å². The van der Waals surface area contributed by atoms with Gasteiger partial charge in [0.25, 0.3) is 5.91 Å². The number of rotatable bonds is 2. The van der Waals surface area contributed by atoms with Gasteiger partial charge in [-0.05, 0) is 18.6 Å². The van der Waals surface area contributed by atoms with Crippen molar-refractivity contribution in [2.24, 2.45) is 0 Å². The minimum atomic E-state index is 0.0595. The van der Waals surface area contributed by atoms with E-state index in [0.717, 1.165) is 35.5 Å². The highest BCUT2D eigenvalue weighted by atomic mass is 32.2. The molecule has 0 radical (unpaired) electrons. The van der Waals surface area contributed by atoms with Crippen LogP contribution in [0.15, 0.2) is 18.3 Å². The Morgan fingerprint density at radius 3 is 3.20 bits per heavy atom. The number of thioether (sulfide) groups is 1. The lowest BCUT2D eigenvalue weighted by Gasteiger charge is -2.31. The van der Waals surface area contributed by atoms with E-state index in [-0.39, 0.29) is 5.91 Å². The van der Waals surface area contributed by atoms with Crippen LogP contribution in [0.25, 0.3) is 10.2 Å². The minimum Gasteiger partial charge on any atom is -0.397 e. The molecular weight excluding hydrogens is 290 g/mol. The quantitative estimate of drug-likeness (QED) is 0.927. The standard InChI is InChI=1S/C14H17N3OS2/c1-2-9-8-17(6-7-19-9)14(18)12-11(15)10-4-3-5-16-13(10)20-12/h3-5,9H,2,6-8,15H2,1H3. The minimum absolute atomic E-state index is 0.0595. The number of hydrogen-bond donors (Lipinski definition) is 1. The van der Waals surface area contributed by atoms with Gasteiger partial charge in [-0.25, -0.2) is 4.98 Å². The van der Waals surface area contributed by atoms with Gasteiger partial charge in [-0.15, -0.1) is 11.3 Å². The Labute approximate surface area is 126 Å². The van der Waals surface area contributed by atoms with E-state index < -0.39 is 0 Å². The Kier molecular flexibility index (Phi) is 3.85. The molecule has 1 amide bonds. The topological polar surface area (TPSA) is 59.2 Å². The lowest BCUT2D eigenvalue weighted by Crippen LogP contribution is -2.41. The van der Waals surface area contributed by atoms with Gasteiger partial charge in [-0.2, -0.15) is 11.8 Å². The smallest absolute Gasteiger partial charge is 0.266 e. The van der Waals surface area contributed by atoms with Crippen LogP contribution in [-0.4, -0.2) is 39.9 Å². The van der Waals surface area contributed by atoms with E-state index in [1.54, 1.807) is 6.20 Å². The molecule has 3 heterocycles. The Morgan fingerprint density at radius 2 is 2.45 bits per heavy atom. The maximum atomic E-state index is 12.7. The lowest BCUT2D eigenvalue weighted by atomic mass is 10.2. The molecule has 20 heavy (non-hydrogen) atoms. The number of thiophene rings is 1. The fourth-order valence-electron chi connectivity index (χ4n) is 2.40. The summed E-state index contributed by atoms with van der Waals surface area (Å²) < 4.78 is 0. The van der Waals surface area contributed by atoms with Gasteiger partial charge in [-0.3, -0.25) is 4.79 Å². The van der Waals surface area contributed by atoms with Gasteiger partial charge < -0.3 is 10.6 Å². The van der Waals surface area contributed by atoms with Gasteiger partial charge in [0.05, 0.1) is 5.69 Å². The van der Waals surface area contributed by atoms with E-state index in [1.165, 1.54) is 11.3 Å². The highest BCUT2D eigenvalue weighted by Gasteiger charge is 2.27. The molecule has 4 nitrogen and oxygen atoms in total. The van der Waals surface area contributed by atoms with Crippen LogP contribution in [0.4, 0.5) is 5.69 Å². The van der Waals surface area contributed by atoms with Crippen LogP contribution in [0.1, 0.15) is 23.0 Å². The van der Waals surface area contributed by atoms with Gasteiger partial charge >= 0.3 is 0 Å². The highest BCUT2D eigenvalue weighted by molar-refractivity contribution is 8.00. The summed E-state index contributed by atoms with van der Waals surface area (Å²) >= 11 is 3.36. The van der Waals surface area contributed by atoms with Crippen molar-refractivity contribution in [3.63, 3.8) is 0 Å². The first-order chi connectivity index (χ1) is 9.70. The summed E-state index contributed by atoms with van der Waals surface area (Å²) in [6.45, 7) is 3.80. The zero-order valence-corrected chi connectivity index (χ0v) is 13.0. The first kappa shape index (κ1) is 13.7. The summed E-state index contributed by atoms with van der Waals surface area (Å²) in [7, 11) is 0. The van der Waals surface area contributed by atoms with Crippen molar-refractivity contribution in [2.75, 3.05) is 24.6 Å². The summed E-state index contributed by atoms with van der Waals surface area (Å²) in [6.07, 6.45) is 2.83. The molecule has 0 aromatic carbocycles. The van der Waals surface area contributed by atoms with E-state index in [9.17, 15) is 4.79 Å². The zero-order valence-electron chi connectivity index (χ0n) is 11.3. The van der Waals surface area contributed by atoms with Gasteiger partial charge in [-0.1, -0.05) is 6.92 Å². The SMILES string of the molecule is CCC1CN(C(=O)c2sc3ncccc3c2N)CCS1. The number of fused-ring (bicyclic) bond motifs is 1. The molecule has 1 unspecified atom stereocenters. The van der Waals surface area contributed by atoms with E-state index in [2.05, 4.69) is 11.9 Å². The highest BCUT2D eigenvalue weighted by Crippen LogP contribution is 2.33. The van der Waals surface area contributed by atoms with E-state index in [4.69, 9.17) is 5.73 Å². The normalized spacial score (nSPS) is 19.4. The average Bonchev–Trinajstić information content (AvgIpc) is 2.84. The van der Waals surface area contributed by atoms with Crippen molar-refractivity contribution >= 4 is 44.9 Å². The maximum Gasteiger partial charge on any atom is 0.266 e. The molecule has 1 fully saturated rings. The predicted molar refractivity (Wildman–Crippen MR) is 86.5 cm³/mol. The lowest BCUT2D eigenvalue weighted by molar-refractivity contribution is 0.0767. The first-order valence-electron chi connectivity index (χ1n) is 6.74. The molecule has 1 aliphatic rings. The van der Waals surface area contributed by atoms with Gasteiger partial charge in [0.2, 0.25) is 0 Å². The number of pyridine rings is 1. The van der Waals surface area contributed by atoms with Crippen LogP contribution in [0.5, 0.6) is 0 Å². The second-order valence-corrected chi connectivity index (χ2v) is 7.26. The summed E-state index contributed by atoms with van der Waals surface area (Å²) in [5.74, 6) is 1.07. The monoisotopic (exact) mass is 307 g/mol. The van der Waals surface area contributed by atoms with E-state index >= 15 is 0 Å². The molecule has 6 heteroatoms. The second kappa shape index (κ2) is 5.61. The summed E-state index contributed by atoms with van der Waals surface area (Å²) in [5, 5.41) is 1.43. The van der Waals surface area contributed by atoms with Crippen molar-refractivity contribution in [2.45, 2.75) is 18.6 Å². The van der Waals surface area contributed by atoms with Crippen LogP contribution < -0.4 is 5.73 Å². The van der Waals surface area contributed by atoms with E-state index in [0.29, 0.717) is 15.8 Å². The molecule has 0 aliphatic carbocycles. The Bertz CT molecular complexity index is 640. The van der Waals surface area contributed by atoms with Gasteiger partial charge in [0.1, 0.15) is 9.71 Å². The summed E-state index contributed by atoms with van der Waals surface area (Å²) in [4.78, 5) is 20.4. The number of nitrogen functional groups attached to an aromatic ring is 1. The van der Waals surface area contributed by atoms with Gasteiger partial charge in [0, 0.05) is 35.7 Å². The Balaban J connectivity index is 1.90. The number of nitrogens with two attached hydrogens (primary N) is 1. The third-order valence-corrected chi connectivity index (χ3v) is 6.07. The molecule has 1 aliphatic heterocycles. The maximum absolute atomic E-state index is 12.7. The molecule has 0 saturated carbocycles. The zero-order chi connectivity index (χ0) is 14.1. The number of amides is 1. The molecule has 3 rings (SSSR count). The molecule has 1 saturated heterocycles. The number of nitrogens with zero attached hydrogens (tertiary/aromatic N) is 2. The number of carbonyl (C=O) groups is 1. The van der Waals surface area contributed by atoms with E-state index in [1.807, 2.05) is 28.8 Å². The molecule has 0 bridgehead atoms. The molecule has 2 aromatic heterocycles. The van der Waals surface area contributed by atoms with Crippen LogP contribution >= 0.6 is 23.1 Å². The number of aromatic nitrogens is 1. The molecular formula is C14H17N3OS2. The number of anilines is 1. The fraction of sp³-hybridized carbons (Fsp3) is 0.429. The van der Waals surface area contributed by atoms with Crippen molar-refractivity contribution in [3.8, 4) is 0 Å². The Hall–Kier alpha value is -1.27. The van der Waals surface area contributed by atoms with Crippen LogP contribution in [-0.2, 0) is 0 Å². The van der Waals surface area contributed by atoms with Crippen LogP contribution in [0.2, 0.25) is 0 Å². The van der Waals surface area contributed by atoms with Gasteiger partial charge in [0.15, 0.2) is 0 Å². The fourth-order valence-corrected chi connectivity index (χ4v) is 4.62. The van der Waals surface area contributed by atoms with Crippen molar-refractivity contribution in [3.05, 3.63) is 23.2 Å². The average molecular weight is 307 g/mol. The first-order valence-corrected chi connectivity index (χ1v) is 8.61. The van der Waals surface area contributed by atoms with Crippen molar-refractivity contribution in [1.29, 1.82) is 0 Å². The predicted octanol–water partition coefficient (Wildman–Crippen LogP) is 2.85. The molecule has 2 N–H and O–H groups in total. The van der Waals surface area contributed by atoms with Crippen LogP contribution in [0, 0.1) is 0 Å². The third kappa shape index (κ3) is 2.38. The molecule has 0 spiro atoms. The number of hydrogen-bond acceptors (Lipinski definition) is 5. The Morgan fingerprint density at radius 1 is 1.60 bits per heavy atom. The summed E-state index contributed by atoms with van der Waals surface area (Å²) in [5.41, 5.74) is 6.71. The second-order valence-electron chi connectivity index (χ2n) is 4.85. The van der Waals surface area contributed by atoms with Crippen LogP contribution in [0.3, 0.4) is 0 Å². The molecule has 2 aromatic rings. The third-order valence-electron chi connectivity index (χ3n) is 3.58. The largest absolute Gasteiger partial charge is 0.397 e. The molecule has 1 atom stereocenters. The number of carbonyl (C=O) groups excluding carboxylic acids is 1. The summed E-state index contributed by atoms with van der Waals surface area (Å²) in [6, 6.07) is 3.77.